The number of benzene rings is 2. The predicted molar refractivity (Wildman–Crippen MR) is 89.6 cm³/mol. The molecule has 0 heterocycles. The molecule has 24 heavy (non-hydrogen) atoms. The molecule has 0 saturated heterocycles. The van der Waals surface area contributed by atoms with Gasteiger partial charge in [0.05, 0.1) is 10.6 Å². The second-order valence-electron chi connectivity index (χ2n) is 4.93. The highest BCUT2D eigenvalue weighted by molar-refractivity contribution is 6.31. The van der Waals surface area contributed by atoms with Crippen LogP contribution in [0.1, 0.15) is 12.0 Å². The van der Waals surface area contributed by atoms with Crippen LogP contribution in [0.2, 0.25) is 10.0 Å². The van der Waals surface area contributed by atoms with E-state index in [1.165, 1.54) is 6.07 Å². The number of anilines is 2. The molecule has 0 saturated carbocycles. The van der Waals surface area contributed by atoms with Crippen molar-refractivity contribution in [1.29, 1.82) is 0 Å². The van der Waals surface area contributed by atoms with Crippen LogP contribution in [0.25, 0.3) is 0 Å². The van der Waals surface area contributed by atoms with Crippen LogP contribution in [0.15, 0.2) is 42.5 Å². The van der Waals surface area contributed by atoms with Crippen LogP contribution < -0.4 is 10.6 Å². The molecular weight excluding hydrogens is 364 g/mol. The van der Waals surface area contributed by atoms with Crippen LogP contribution >= 0.6 is 23.2 Å². The molecule has 2 aromatic carbocycles. The Labute approximate surface area is 146 Å². The van der Waals surface area contributed by atoms with Gasteiger partial charge in [0, 0.05) is 29.4 Å². The molecule has 0 aliphatic heterocycles. The van der Waals surface area contributed by atoms with Gasteiger partial charge in [-0.3, -0.25) is 4.79 Å². The predicted octanol–water partition coefficient (Wildman–Crippen LogP) is 5.45. The van der Waals surface area contributed by atoms with Gasteiger partial charge in [-0.25, -0.2) is 0 Å². The molecule has 0 aliphatic rings. The zero-order valence-electron chi connectivity index (χ0n) is 12.3. The van der Waals surface area contributed by atoms with Crippen molar-refractivity contribution in [2.75, 3.05) is 17.2 Å². The Hall–Kier alpha value is -1.92. The third-order valence-electron chi connectivity index (χ3n) is 3.06. The van der Waals surface area contributed by atoms with Crippen molar-refractivity contribution in [3.63, 3.8) is 0 Å². The molecule has 0 aromatic heterocycles. The van der Waals surface area contributed by atoms with Crippen molar-refractivity contribution in [1.82, 2.24) is 0 Å². The molecule has 0 atom stereocenters. The third kappa shape index (κ3) is 5.32. The highest BCUT2D eigenvalue weighted by atomic mass is 35.5. The largest absolute Gasteiger partial charge is 0.417 e. The number of carbonyl (C=O) groups is 1. The maximum Gasteiger partial charge on any atom is 0.417 e. The zero-order valence-corrected chi connectivity index (χ0v) is 13.8. The first-order chi connectivity index (χ1) is 11.3. The molecule has 0 spiro atoms. The smallest absolute Gasteiger partial charge is 0.384 e. The van der Waals surface area contributed by atoms with Crippen LogP contribution in [0, 0.1) is 0 Å². The van der Waals surface area contributed by atoms with Crippen molar-refractivity contribution in [3.8, 4) is 0 Å². The van der Waals surface area contributed by atoms with Crippen LogP contribution in [0.4, 0.5) is 24.5 Å². The summed E-state index contributed by atoms with van der Waals surface area (Å²) < 4.78 is 38.3. The Morgan fingerprint density at radius 2 is 1.79 bits per heavy atom. The van der Waals surface area contributed by atoms with Crippen LogP contribution in [0.3, 0.4) is 0 Å². The maximum atomic E-state index is 12.8. The van der Waals surface area contributed by atoms with Crippen molar-refractivity contribution in [2.45, 2.75) is 12.6 Å². The van der Waals surface area contributed by atoms with E-state index < -0.39 is 22.7 Å². The Balaban J connectivity index is 1.91. The monoisotopic (exact) mass is 376 g/mol. The lowest BCUT2D eigenvalue weighted by Crippen LogP contribution is -2.17. The van der Waals surface area contributed by atoms with E-state index in [9.17, 15) is 18.0 Å². The summed E-state index contributed by atoms with van der Waals surface area (Å²) in [5.41, 5.74) is -0.195. The molecule has 0 unspecified atom stereocenters. The van der Waals surface area contributed by atoms with Gasteiger partial charge in [-0.05, 0) is 36.4 Å². The summed E-state index contributed by atoms with van der Waals surface area (Å²) in [4.78, 5) is 11.8. The van der Waals surface area contributed by atoms with Gasteiger partial charge in [-0.15, -0.1) is 0 Å². The normalized spacial score (nSPS) is 11.2. The van der Waals surface area contributed by atoms with E-state index in [2.05, 4.69) is 10.6 Å². The molecule has 2 aromatic rings. The molecule has 0 bridgehead atoms. The lowest BCUT2D eigenvalue weighted by molar-refractivity contribution is -0.137. The average Bonchev–Trinajstić information content (AvgIpc) is 2.48. The fraction of sp³-hybridized carbons (Fsp3) is 0.188. The number of carbonyl (C=O) groups excluding carboxylic acids is 1. The Morgan fingerprint density at radius 1 is 1.04 bits per heavy atom. The minimum absolute atomic E-state index is 0.0412. The number of hydrogen-bond acceptors (Lipinski definition) is 2. The molecule has 2 N–H and O–H groups in total. The highest BCUT2D eigenvalue weighted by Crippen LogP contribution is 2.36. The fourth-order valence-electron chi connectivity index (χ4n) is 1.96. The number of hydrogen-bond donors (Lipinski definition) is 2. The van der Waals surface area contributed by atoms with Gasteiger partial charge in [0.1, 0.15) is 0 Å². The highest BCUT2D eigenvalue weighted by Gasteiger charge is 2.33. The maximum absolute atomic E-state index is 12.8. The van der Waals surface area contributed by atoms with Gasteiger partial charge in [0.25, 0.3) is 0 Å². The first-order valence-electron chi connectivity index (χ1n) is 6.92. The van der Waals surface area contributed by atoms with E-state index in [0.29, 0.717) is 11.6 Å². The summed E-state index contributed by atoms with van der Waals surface area (Å²) in [6.07, 6.45) is -4.50. The number of alkyl halides is 3. The first-order valence-corrected chi connectivity index (χ1v) is 7.67. The zero-order chi connectivity index (χ0) is 17.7. The first kappa shape index (κ1) is 18.4. The number of nitrogens with one attached hydrogen (secondary N) is 2. The second kappa shape index (κ2) is 7.77. The average molecular weight is 377 g/mol. The molecule has 3 nitrogen and oxygen atoms in total. The molecule has 2 rings (SSSR count). The third-order valence-corrected chi connectivity index (χ3v) is 3.63. The molecular formula is C16H13Cl2F3N2O. The van der Waals surface area contributed by atoms with Gasteiger partial charge in [0.2, 0.25) is 5.91 Å². The van der Waals surface area contributed by atoms with Crippen molar-refractivity contribution >= 4 is 40.5 Å². The van der Waals surface area contributed by atoms with Crippen molar-refractivity contribution in [3.05, 3.63) is 58.1 Å². The summed E-state index contributed by atoms with van der Waals surface area (Å²) in [5, 5.41) is 5.56. The Kier molecular flexibility index (Phi) is 5.96. The number of halogens is 5. The Bertz CT molecular complexity index is 736. The minimum atomic E-state index is -4.58. The van der Waals surface area contributed by atoms with Crippen LogP contribution in [-0.4, -0.2) is 12.5 Å². The van der Waals surface area contributed by atoms with E-state index in [1.54, 1.807) is 24.3 Å². The van der Waals surface area contributed by atoms with E-state index in [0.717, 1.165) is 17.8 Å². The van der Waals surface area contributed by atoms with Gasteiger partial charge in [0.15, 0.2) is 0 Å². The van der Waals surface area contributed by atoms with Gasteiger partial charge in [-0.1, -0.05) is 29.3 Å². The van der Waals surface area contributed by atoms with Gasteiger partial charge < -0.3 is 10.6 Å². The summed E-state index contributed by atoms with van der Waals surface area (Å²) in [7, 11) is 0. The quantitative estimate of drug-likeness (QED) is 0.727. The lowest BCUT2D eigenvalue weighted by Gasteiger charge is -2.12. The van der Waals surface area contributed by atoms with E-state index in [4.69, 9.17) is 23.2 Å². The van der Waals surface area contributed by atoms with Gasteiger partial charge in [-0.2, -0.15) is 13.2 Å². The molecule has 8 heteroatoms. The Morgan fingerprint density at radius 3 is 2.46 bits per heavy atom. The molecule has 0 radical (unpaired) electrons. The standard InChI is InChI=1S/C16H13Cl2F3N2O/c17-10-2-1-3-11(8-10)22-7-6-15(24)23-12-4-5-14(18)13(9-12)16(19,20)21/h1-5,8-9,22H,6-7H2,(H,23,24). The molecule has 0 aliphatic carbocycles. The number of rotatable bonds is 5. The van der Waals surface area contributed by atoms with E-state index >= 15 is 0 Å². The van der Waals surface area contributed by atoms with Crippen molar-refractivity contribution in [2.24, 2.45) is 0 Å². The molecule has 1 amide bonds. The van der Waals surface area contributed by atoms with Crippen LogP contribution in [0.5, 0.6) is 0 Å². The molecule has 128 valence electrons. The summed E-state index contributed by atoms with van der Waals surface area (Å²) >= 11 is 11.4. The summed E-state index contributed by atoms with van der Waals surface area (Å²) in [5.74, 6) is -0.417. The molecule has 0 fully saturated rings. The lowest BCUT2D eigenvalue weighted by atomic mass is 10.2. The SMILES string of the molecule is O=C(CCNc1cccc(Cl)c1)Nc1ccc(Cl)c(C(F)(F)F)c1. The van der Waals surface area contributed by atoms with Gasteiger partial charge >= 0.3 is 6.18 Å². The summed E-state index contributed by atoms with van der Waals surface area (Å²) in [6, 6.07) is 10.2. The summed E-state index contributed by atoms with van der Waals surface area (Å²) in [6.45, 7) is 0.311. The topological polar surface area (TPSA) is 41.1 Å². The van der Waals surface area contributed by atoms with Crippen LogP contribution in [-0.2, 0) is 11.0 Å². The number of amides is 1. The van der Waals surface area contributed by atoms with Crippen molar-refractivity contribution < 1.29 is 18.0 Å². The van der Waals surface area contributed by atoms with E-state index in [-0.39, 0.29) is 12.1 Å². The van der Waals surface area contributed by atoms with E-state index in [1.807, 2.05) is 0 Å². The second-order valence-corrected chi connectivity index (χ2v) is 5.77. The minimum Gasteiger partial charge on any atom is -0.384 e. The fourth-order valence-corrected chi connectivity index (χ4v) is 2.38.